The lowest BCUT2D eigenvalue weighted by Gasteiger charge is -2.21. The van der Waals surface area contributed by atoms with Crippen molar-refractivity contribution in [3.8, 4) is 6.07 Å². The second-order valence-corrected chi connectivity index (χ2v) is 3.75. The van der Waals surface area contributed by atoms with Gasteiger partial charge in [-0.15, -0.1) is 0 Å². The van der Waals surface area contributed by atoms with Crippen LogP contribution < -0.4 is 4.90 Å². The van der Waals surface area contributed by atoms with Gasteiger partial charge in [-0.25, -0.2) is 4.79 Å². The molecule has 0 bridgehead atoms. The van der Waals surface area contributed by atoms with E-state index in [4.69, 9.17) is 10.4 Å². The first kappa shape index (κ1) is 13.8. The molecule has 0 atom stereocenters. The Labute approximate surface area is 107 Å². The third kappa shape index (κ3) is 4.30. The summed E-state index contributed by atoms with van der Waals surface area (Å²) in [5.74, 6) is -0.955. The number of aliphatic carboxylic acids is 1. The first-order chi connectivity index (χ1) is 8.67. The maximum Gasteiger partial charge on any atom is 0.328 e. The van der Waals surface area contributed by atoms with Gasteiger partial charge in [0, 0.05) is 24.9 Å². The summed E-state index contributed by atoms with van der Waals surface area (Å²) in [6.45, 7) is 3.58. The van der Waals surface area contributed by atoms with Gasteiger partial charge in [-0.05, 0) is 30.7 Å². The lowest BCUT2D eigenvalue weighted by atomic mass is 10.1. The fourth-order valence-corrected chi connectivity index (χ4v) is 1.62. The molecule has 94 valence electrons. The van der Waals surface area contributed by atoms with E-state index in [0.29, 0.717) is 13.0 Å². The largest absolute Gasteiger partial charge is 0.478 e. The minimum Gasteiger partial charge on any atom is -0.478 e. The van der Waals surface area contributed by atoms with Crippen LogP contribution >= 0.6 is 0 Å². The van der Waals surface area contributed by atoms with Crippen LogP contribution in [0.4, 0.5) is 5.69 Å². The predicted octanol–water partition coefficient (Wildman–Crippen LogP) is 2.52. The maximum absolute atomic E-state index is 10.4. The van der Waals surface area contributed by atoms with Crippen molar-refractivity contribution in [3.63, 3.8) is 0 Å². The fourth-order valence-electron chi connectivity index (χ4n) is 1.62. The Morgan fingerprint density at radius 3 is 2.61 bits per heavy atom. The molecule has 0 heterocycles. The Morgan fingerprint density at radius 1 is 1.44 bits per heavy atom. The summed E-state index contributed by atoms with van der Waals surface area (Å²) in [6, 6.07) is 9.72. The van der Waals surface area contributed by atoms with Gasteiger partial charge in [-0.3, -0.25) is 0 Å². The number of anilines is 1. The van der Waals surface area contributed by atoms with Gasteiger partial charge in [0.05, 0.1) is 12.5 Å². The van der Waals surface area contributed by atoms with Gasteiger partial charge < -0.3 is 10.0 Å². The maximum atomic E-state index is 10.4. The molecule has 1 rings (SSSR count). The highest BCUT2D eigenvalue weighted by atomic mass is 16.4. The van der Waals surface area contributed by atoms with Crippen molar-refractivity contribution in [2.45, 2.75) is 13.3 Å². The zero-order chi connectivity index (χ0) is 13.4. The van der Waals surface area contributed by atoms with E-state index in [1.54, 1.807) is 6.08 Å². The summed E-state index contributed by atoms with van der Waals surface area (Å²) in [5, 5.41) is 17.1. The van der Waals surface area contributed by atoms with Crippen LogP contribution in [0.2, 0.25) is 0 Å². The van der Waals surface area contributed by atoms with Gasteiger partial charge in [-0.1, -0.05) is 12.1 Å². The molecule has 0 radical (unpaired) electrons. The molecule has 0 fully saturated rings. The molecule has 0 spiro atoms. The second-order valence-electron chi connectivity index (χ2n) is 3.75. The summed E-state index contributed by atoms with van der Waals surface area (Å²) in [7, 11) is 0. The van der Waals surface area contributed by atoms with Crippen LogP contribution in [0.3, 0.4) is 0 Å². The molecule has 4 nitrogen and oxygen atoms in total. The monoisotopic (exact) mass is 244 g/mol. The zero-order valence-corrected chi connectivity index (χ0v) is 10.3. The number of carboxylic acid groups (broad SMARTS) is 1. The molecule has 1 N–H and O–H groups in total. The van der Waals surface area contributed by atoms with Gasteiger partial charge in [0.2, 0.25) is 0 Å². The van der Waals surface area contributed by atoms with Gasteiger partial charge >= 0.3 is 5.97 Å². The topological polar surface area (TPSA) is 64.3 Å². The molecule has 18 heavy (non-hydrogen) atoms. The molecule has 4 heteroatoms. The quantitative estimate of drug-likeness (QED) is 0.781. The molecule has 0 aliphatic rings. The molecular weight excluding hydrogens is 228 g/mol. The molecule has 0 unspecified atom stereocenters. The van der Waals surface area contributed by atoms with Crippen LogP contribution in [-0.2, 0) is 4.79 Å². The third-order valence-electron chi connectivity index (χ3n) is 2.55. The Kier molecular flexibility index (Phi) is 5.46. The minimum absolute atomic E-state index is 0.495. The zero-order valence-electron chi connectivity index (χ0n) is 10.3. The number of nitriles is 1. The van der Waals surface area contributed by atoms with Crippen molar-refractivity contribution in [2.24, 2.45) is 0 Å². The van der Waals surface area contributed by atoms with Crippen molar-refractivity contribution in [3.05, 3.63) is 35.9 Å². The van der Waals surface area contributed by atoms with E-state index in [2.05, 4.69) is 11.0 Å². The highest BCUT2D eigenvalue weighted by Crippen LogP contribution is 2.16. The summed E-state index contributed by atoms with van der Waals surface area (Å²) in [6.07, 6.45) is 3.16. The molecule has 0 saturated heterocycles. The second kappa shape index (κ2) is 7.13. The van der Waals surface area contributed by atoms with Crippen LogP contribution in [0.1, 0.15) is 18.9 Å². The highest BCUT2D eigenvalue weighted by Gasteiger charge is 2.02. The first-order valence-electron chi connectivity index (χ1n) is 5.80. The number of benzene rings is 1. The van der Waals surface area contributed by atoms with Crippen LogP contribution in [0.15, 0.2) is 30.3 Å². The van der Waals surface area contributed by atoms with E-state index < -0.39 is 5.97 Å². The summed E-state index contributed by atoms with van der Waals surface area (Å²) in [4.78, 5) is 12.5. The van der Waals surface area contributed by atoms with E-state index >= 15 is 0 Å². The third-order valence-corrected chi connectivity index (χ3v) is 2.55. The molecule has 0 aliphatic carbocycles. The van der Waals surface area contributed by atoms with Gasteiger partial charge in [0.15, 0.2) is 0 Å². The van der Waals surface area contributed by atoms with E-state index in [-0.39, 0.29) is 0 Å². The molecule has 0 aliphatic heterocycles. The summed E-state index contributed by atoms with van der Waals surface area (Å²) < 4.78 is 0. The number of carboxylic acids is 1. The normalized spacial score (nSPS) is 10.2. The molecule has 0 aromatic heterocycles. The first-order valence-corrected chi connectivity index (χ1v) is 5.80. The Bertz CT molecular complexity index is 458. The lowest BCUT2D eigenvalue weighted by Crippen LogP contribution is -2.23. The van der Waals surface area contributed by atoms with Crippen molar-refractivity contribution in [1.29, 1.82) is 5.26 Å². The molecule has 1 aromatic carbocycles. The average molecular weight is 244 g/mol. The average Bonchev–Trinajstić information content (AvgIpc) is 2.38. The molecule has 1 aromatic rings. The lowest BCUT2D eigenvalue weighted by molar-refractivity contribution is -0.131. The SMILES string of the molecule is CCN(CCC#N)c1ccc(/C=C/C(=O)O)cc1. The van der Waals surface area contributed by atoms with E-state index in [9.17, 15) is 4.79 Å². The fraction of sp³-hybridized carbons (Fsp3) is 0.286. The number of carbonyl (C=O) groups is 1. The highest BCUT2D eigenvalue weighted by molar-refractivity contribution is 5.85. The number of hydrogen-bond donors (Lipinski definition) is 1. The number of rotatable bonds is 6. The van der Waals surface area contributed by atoms with Crippen LogP contribution in [-0.4, -0.2) is 24.2 Å². The molecule has 0 amide bonds. The number of hydrogen-bond acceptors (Lipinski definition) is 3. The van der Waals surface area contributed by atoms with E-state index in [1.807, 2.05) is 31.2 Å². The molecule has 0 saturated carbocycles. The van der Waals surface area contributed by atoms with Gasteiger partial charge in [0.1, 0.15) is 0 Å². The smallest absolute Gasteiger partial charge is 0.328 e. The van der Waals surface area contributed by atoms with Crippen molar-refractivity contribution in [2.75, 3.05) is 18.0 Å². The summed E-state index contributed by atoms with van der Waals surface area (Å²) >= 11 is 0. The van der Waals surface area contributed by atoms with Crippen LogP contribution in [0.5, 0.6) is 0 Å². The molecular formula is C14H16N2O2. The minimum atomic E-state index is -0.955. The number of nitrogens with zero attached hydrogens (tertiary/aromatic N) is 2. The predicted molar refractivity (Wildman–Crippen MR) is 71.2 cm³/mol. The van der Waals surface area contributed by atoms with Crippen molar-refractivity contribution >= 4 is 17.7 Å². The standard InChI is InChI=1S/C14H16N2O2/c1-2-16(11-3-10-15)13-7-4-12(5-8-13)6-9-14(17)18/h4-9H,2-3,11H2,1H3,(H,17,18)/b9-6+. The van der Waals surface area contributed by atoms with Crippen molar-refractivity contribution in [1.82, 2.24) is 0 Å². The van der Waals surface area contributed by atoms with Crippen molar-refractivity contribution < 1.29 is 9.90 Å². The Hall–Kier alpha value is -2.28. The Morgan fingerprint density at radius 2 is 2.11 bits per heavy atom. The van der Waals surface area contributed by atoms with Crippen LogP contribution in [0, 0.1) is 11.3 Å². The summed E-state index contributed by atoms with van der Waals surface area (Å²) in [5.41, 5.74) is 1.89. The Balaban J connectivity index is 2.74. The van der Waals surface area contributed by atoms with Gasteiger partial charge in [0.25, 0.3) is 0 Å². The van der Waals surface area contributed by atoms with Crippen LogP contribution in [0.25, 0.3) is 6.08 Å². The van der Waals surface area contributed by atoms with E-state index in [0.717, 1.165) is 23.9 Å². The van der Waals surface area contributed by atoms with E-state index in [1.165, 1.54) is 0 Å². The van der Waals surface area contributed by atoms with Gasteiger partial charge in [-0.2, -0.15) is 5.26 Å².